The molecular weight excluding hydrogens is 245 g/mol. The third-order valence-corrected chi connectivity index (χ3v) is 2.18. The van der Waals surface area contributed by atoms with Gasteiger partial charge in [0.15, 0.2) is 0 Å². The van der Waals surface area contributed by atoms with Crippen molar-refractivity contribution >= 4 is 11.5 Å². The van der Waals surface area contributed by atoms with Crippen LogP contribution in [0.1, 0.15) is 18.1 Å². The smallest absolute Gasteiger partial charge is 0.454 e. The molecule has 0 saturated carbocycles. The van der Waals surface area contributed by atoms with Crippen LogP contribution in [0.5, 0.6) is 0 Å². The molecule has 2 nitrogen and oxygen atoms in total. The number of halogens is 3. The van der Waals surface area contributed by atoms with Crippen LogP contribution >= 0.6 is 0 Å². The van der Waals surface area contributed by atoms with Crippen LogP contribution in [0.3, 0.4) is 0 Å². The lowest BCUT2D eigenvalue weighted by Crippen LogP contribution is -2.20. The number of allylic oxidation sites excluding steroid dienone is 1. The molecule has 0 aliphatic rings. The largest absolute Gasteiger partial charge is 0.493 e. The number of rotatable bonds is 4. The van der Waals surface area contributed by atoms with Gasteiger partial charge in [0, 0.05) is 11.6 Å². The molecule has 0 fully saturated rings. The lowest BCUT2D eigenvalue weighted by atomic mass is 10.1. The van der Waals surface area contributed by atoms with E-state index >= 15 is 0 Å². The zero-order chi connectivity index (χ0) is 13.8. The number of alkyl halides is 3. The molecule has 5 heteroatoms. The van der Waals surface area contributed by atoms with Crippen molar-refractivity contribution in [3.63, 3.8) is 0 Å². The molecular formula is C13H13F3O2. The zero-order valence-electron chi connectivity index (χ0n) is 10.0. The van der Waals surface area contributed by atoms with Crippen molar-refractivity contribution in [3.8, 4) is 0 Å². The van der Waals surface area contributed by atoms with Gasteiger partial charge in [-0.25, -0.2) is 0 Å². The topological polar surface area (TPSA) is 26.3 Å². The fourth-order valence-corrected chi connectivity index (χ4v) is 1.28. The standard InChI is InChI=1S/C13H13F3O2/c1-3-18-11(8-12(17)13(14,15)16)10-6-4-9(2)5-7-10/h4-8H,3H2,1-2H3/b11-8-. The highest BCUT2D eigenvalue weighted by atomic mass is 19.4. The molecule has 98 valence electrons. The summed E-state index contributed by atoms with van der Waals surface area (Å²) in [5, 5.41) is 0. The first-order valence-corrected chi connectivity index (χ1v) is 5.37. The third kappa shape index (κ3) is 3.91. The maximum absolute atomic E-state index is 12.2. The molecule has 0 atom stereocenters. The van der Waals surface area contributed by atoms with Gasteiger partial charge in [-0.1, -0.05) is 29.8 Å². The van der Waals surface area contributed by atoms with E-state index in [4.69, 9.17) is 4.74 Å². The number of hydrogen-bond donors (Lipinski definition) is 0. The van der Waals surface area contributed by atoms with Crippen LogP contribution in [-0.2, 0) is 9.53 Å². The van der Waals surface area contributed by atoms with Crippen molar-refractivity contribution in [2.45, 2.75) is 20.0 Å². The fraction of sp³-hybridized carbons (Fsp3) is 0.308. The minimum absolute atomic E-state index is 0.0696. The monoisotopic (exact) mass is 258 g/mol. The molecule has 0 spiro atoms. The lowest BCUT2D eigenvalue weighted by molar-refractivity contribution is -0.165. The predicted molar refractivity (Wildman–Crippen MR) is 61.8 cm³/mol. The van der Waals surface area contributed by atoms with Gasteiger partial charge in [0.1, 0.15) is 5.76 Å². The van der Waals surface area contributed by atoms with Gasteiger partial charge in [-0.15, -0.1) is 0 Å². The van der Waals surface area contributed by atoms with Crippen LogP contribution in [0.15, 0.2) is 30.3 Å². The fourth-order valence-electron chi connectivity index (χ4n) is 1.28. The van der Waals surface area contributed by atoms with Gasteiger partial charge in [-0.3, -0.25) is 4.79 Å². The number of hydrogen-bond acceptors (Lipinski definition) is 2. The molecule has 0 aromatic heterocycles. The molecule has 0 unspecified atom stereocenters. The summed E-state index contributed by atoms with van der Waals surface area (Å²) in [5.74, 6) is -1.99. The van der Waals surface area contributed by atoms with Gasteiger partial charge in [0.05, 0.1) is 6.61 Å². The average molecular weight is 258 g/mol. The van der Waals surface area contributed by atoms with Crippen LogP contribution in [0.25, 0.3) is 5.76 Å². The molecule has 0 amide bonds. The molecule has 1 aromatic rings. The molecule has 1 aromatic carbocycles. The third-order valence-electron chi connectivity index (χ3n) is 2.18. The van der Waals surface area contributed by atoms with Gasteiger partial charge in [0.25, 0.3) is 5.78 Å². The van der Waals surface area contributed by atoms with Crippen molar-refractivity contribution in [3.05, 3.63) is 41.5 Å². The lowest BCUT2D eigenvalue weighted by Gasteiger charge is -2.09. The molecule has 0 aliphatic carbocycles. The summed E-state index contributed by atoms with van der Waals surface area (Å²) in [6, 6.07) is 6.70. The normalized spacial score (nSPS) is 12.4. The number of ether oxygens (including phenoxy) is 1. The summed E-state index contributed by atoms with van der Waals surface area (Å²) in [6.45, 7) is 3.68. The Labute approximate surface area is 103 Å². The van der Waals surface area contributed by atoms with E-state index in [1.807, 2.05) is 6.92 Å². The number of carbonyl (C=O) groups excluding carboxylic acids is 1. The number of benzene rings is 1. The van der Waals surface area contributed by atoms with E-state index in [2.05, 4.69) is 0 Å². The van der Waals surface area contributed by atoms with E-state index < -0.39 is 12.0 Å². The van der Waals surface area contributed by atoms with Crippen LogP contribution in [0.4, 0.5) is 13.2 Å². The van der Waals surface area contributed by atoms with Gasteiger partial charge in [-0.2, -0.15) is 13.2 Å². The highest BCUT2D eigenvalue weighted by molar-refractivity contribution is 5.99. The summed E-state index contributed by atoms with van der Waals surface area (Å²) >= 11 is 0. The first-order valence-electron chi connectivity index (χ1n) is 5.37. The number of carbonyl (C=O) groups is 1. The minimum atomic E-state index is -4.88. The minimum Gasteiger partial charge on any atom is -0.493 e. The van der Waals surface area contributed by atoms with E-state index in [0.29, 0.717) is 11.6 Å². The summed E-state index contributed by atoms with van der Waals surface area (Å²) in [7, 11) is 0. The Morgan fingerprint density at radius 1 is 1.28 bits per heavy atom. The zero-order valence-corrected chi connectivity index (χ0v) is 10.0. The maximum Gasteiger partial charge on any atom is 0.454 e. The van der Waals surface area contributed by atoms with Crippen LogP contribution in [0, 0.1) is 6.92 Å². The first kappa shape index (κ1) is 14.3. The number of aryl methyl sites for hydroxylation is 1. The van der Waals surface area contributed by atoms with Gasteiger partial charge < -0.3 is 4.74 Å². The molecule has 0 aliphatic heterocycles. The molecule has 18 heavy (non-hydrogen) atoms. The van der Waals surface area contributed by atoms with Crippen molar-refractivity contribution in [2.75, 3.05) is 6.61 Å². The van der Waals surface area contributed by atoms with Crippen LogP contribution < -0.4 is 0 Å². The highest BCUT2D eigenvalue weighted by Gasteiger charge is 2.37. The Bertz CT molecular complexity index is 444. The Morgan fingerprint density at radius 2 is 1.83 bits per heavy atom. The molecule has 0 N–H and O–H groups in total. The van der Waals surface area contributed by atoms with Crippen molar-refractivity contribution < 1.29 is 22.7 Å². The quantitative estimate of drug-likeness (QED) is 0.610. The van der Waals surface area contributed by atoms with E-state index in [1.54, 1.807) is 31.2 Å². The Hall–Kier alpha value is -1.78. The van der Waals surface area contributed by atoms with Crippen LogP contribution in [-0.4, -0.2) is 18.6 Å². The molecule has 0 radical (unpaired) electrons. The molecule has 0 heterocycles. The van der Waals surface area contributed by atoms with Crippen molar-refractivity contribution in [1.82, 2.24) is 0 Å². The van der Waals surface area contributed by atoms with Gasteiger partial charge in [-0.05, 0) is 13.8 Å². The molecule has 0 saturated heterocycles. The second-order valence-corrected chi connectivity index (χ2v) is 3.67. The van der Waals surface area contributed by atoms with Crippen LogP contribution in [0.2, 0.25) is 0 Å². The first-order chi connectivity index (χ1) is 8.34. The summed E-state index contributed by atoms with van der Waals surface area (Å²) < 4.78 is 41.6. The van der Waals surface area contributed by atoms with E-state index in [-0.39, 0.29) is 12.4 Å². The van der Waals surface area contributed by atoms with Gasteiger partial charge >= 0.3 is 6.18 Å². The Balaban J connectivity index is 3.06. The predicted octanol–water partition coefficient (Wildman–Crippen LogP) is 3.50. The van der Waals surface area contributed by atoms with E-state index in [9.17, 15) is 18.0 Å². The SMILES string of the molecule is CCO/C(=C\C(=O)C(F)(F)F)c1ccc(C)cc1. The number of ketones is 1. The molecule has 0 bridgehead atoms. The van der Waals surface area contributed by atoms with Gasteiger partial charge in [0.2, 0.25) is 0 Å². The second kappa shape index (κ2) is 5.71. The van der Waals surface area contributed by atoms with E-state index in [1.165, 1.54) is 0 Å². The average Bonchev–Trinajstić information content (AvgIpc) is 2.28. The maximum atomic E-state index is 12.2. The summed E-state index contributed by atoms with van der Waals surface area (Å²) in [4.78, 5) is 10.9. The Kier molecular flexibility index (Phi) is 4.53. The van der Waals surface area contributed by atoms with Crippen molar-refractivity contribution in [2.24, 2.45) is 0 Å². The molecule has 1 rings (SSSR count). The second-order valence-electron chi connectivity index (χ2n) is 3.67. The Morgan fingerprint density at radius 3 is 2.28 bits per heavy atom. The van der Waals surface area contributed by atoms with Crippen molar-refractivity contribution in [1.29, 1.82) is 0 Å². The van der Waals surface area contributed by atoms with E-state index in [0.717, 1.165) is 5.56 Å². The summed E-state index contributed by atoms with van der Waals surface area (Å²) in [6.07, 6.45) is -4.40. The highest BCUT2D eigenvalue weighted by Crippen LogP contribution is 2.22. The summed E-state index contributed by atoms with van der Waals surface area (Å²) in [5.41, 5.74) is 1.41.